The van der Waals surface area contributed by atoms with Gasteiger partial charge >= 0.3 is 5.97 Å². The van der Waals surface area contributed by atoms with Gasteiger partial charge in [0.2, 0.25) is 0 Å². The number of fused-ring (bicyclic) bond motifs is 1. The van der Waals surface area contributed by atoms with Gasteiger partial charge in [-0.15, -0.1) is 0 Å². The molecule has 0 radical (unpaired) electrons. The highest BCUT2D eigenvalue weighted by Crippen LogP contribution is 2.28. The molecule has 0 amide bonds. The molecular formula is C28H34N4O5S. The minimum atomic E-state index is -3.94. The third-order valence-electron chi connectivity index (χ3n) is 6.92. The Balaban J connectivity index is 1.57. The molecule has 9 nitrogen and oxygen atoms in total. The number of carboxylic acid groups (broad SMARTS) is 1. The van der Waals surface area contributed by atoms with Crippen molar-refractivity contribution in [2.24, 2.45) is 5.92 Å². The predicted molar refractivity (Wildman–Crippen MR) is 149 cm³/mol. The Morgan fingerprint density at radius 1 is 1.00 bits per heavy atom. The minimum Gasteiger partial charge on any atom is -0.478 e. The Labute approximate surface area is 223 Å². The summed E-state index contributed by atoms with van der Waals surface area (Å²) in [5.41, 5.74) is 1.17. The van der Waals surface area contributed by atoms with Gasteiger partial charge in [-0.25, -0.2) is 18.2 Å². The molecule has 1 saturated heterocycles. The summed E-state index contributed by atoms with van der Waals surface area (Å²) < 4.78 is 28.3. The highest BCUT2D eigenvalue weighted by atomic mass is 32.2. The average Bonchev–Trinajstić information content (AvgIpc) is 2.87. The summed E-state index contributed by atoms with van der Waals surface area (Å²) in [5.74, 6) is -0.0374. The number of carbonyl (C=O) groups excluding carboxylic acids is 1. The van der Waals surface area contributed by atoms with Gasteiger partial charge in [0.25, 0.3) is 10.0 Å². The summed E-state index contributed by atoms with van der Waals surface area (Å²) in [6, 6.07) is 12.4. The number of piperazine rings is 1. The maximum Gasteiger partial charge on any atom is 0.336 e. The molecule has 0 unspecified atom stereocenters. The molecule has 1 aliphatic rings. The van der Waals surface area contributed by atoms with Crippen molar-refractivity contribution >= 4 is 44.2 Å². The van der Waals surface area contributed by atoms with Crippen LogP contribution in [0, 0.1) is 5.92 Å². The van der Waals surface area contributed by atoms with Crippen molar-refractivity contribution < 1.29 is 23.1 Å². The molecule has 0 spiro atoms. The van der Waals surface area contributed by atoms with Gasteiger partial charge in [-0.2, -0.15) is 0 Å². The summed E-state index contributed by atoms with van der Waals surface area (Å²) in [5, 5.41) is 10.3. The van der Waals surface area contributed by atoms with Gasteiger partial charge < -0.3 is 10.0 Å². The molecule has 1 fully saturated rings. The number of Topliss-reactive ketones (excluding diaryl/α,β-unsaturated/α-hetero) is 1. The lowest BCUT2D eigenvalue weighted by molar-refractivity contribution is 0.0698. The Morgan fingerprint density at radius 3 is 2.24 bits per heavy atom. The predicted octanol–water partition coefficient (Wildman–Crippen LogP) is 4.49. The molecule has 202 valence electrons. The zero-order valence-corrected chi connectivity index (χ0v) is 23.0. The molecule has 2 heterocycles. The molecule has 0 aliphatic carbocycles. The Bertz CT molecular complexity index is 1450. The maximum absolute atomic E-state index is 12.9. The number of hydrogen-bond acceptors (Lipinski definition) is 7. The molecule has 1 aromatic heterocycles. The first-order valence-corrected chi connectivity index (χ1v) is 14.2. The summed E-state index contributed by atoms with van der Waals surface area (Å²) in [4.78, 5) is 32.9. The lowest BCUT2D eigenvalue weighted by Crippen LogP contribution is -2.50. The first-order chi connectivity index (χ1) is 17.9. The van der Waals surface area contributed by atoms with Crippen LogP contribution in [0.15, 0.2) is 53.4 Å². The maximum atomic E-state index is 12.9. The van der Waals surface area contributed by atoms with Crippen LogP contribution in [0.5, 0.6) is 0 Å². The van der Waals surface area contributed by atoms with Gasteiger partial charge in [0.15, 0.2) is 5.78 Å². The highest BCUT2D eigenvalue weighted by molar-refractivity contribution is 7.92. The number of ketones is 1. The molecule has 4 rings (SSSR count). The Kier molecular flexibility index (Phi) is 8.03. The normalized spacial score (nSPS) is 15.6. The lowest BCUT2D eigenvalue weighted by atomic mass is 10.0. The van der Waals surface area contributed by atoms with Crippen molar-refractivity contribution in [2.45, 2.75) is 45.1 Å². The van der Waals surface area contributed by atoms with Crippen molar-refractivity contribution in [1.82, 2.24) is 9.88 Å². The fraction of sp³-hybridized carbons (Fsp3) is 0.393. The highest BCUT2D eigenvalue weighted by Gasteiger charge is 2.24. The number of aromatic nitrogens is 1. The number of rotatable bonds is 9. The molecule has 1 aliphatic heterocycles. The van der Waals surface area contributed by atoms with Crippen molar-refractivity contribution in [3.05, 3.63) is 59.7 Å². The molecule has 2 N–H and O–H groups in total. The van der Waals surface area contributed by atoms with Crippen molar-refractivity contribution in [3.63, 3.8) is 0 Å². The average molecular weight is 539 g/mol. The van der Waals surface area contributed by atoms with Crippen LogP contribution in [0.4, 0.5) is 11.5 Å². The van der Waals surface area contributed by atoms with Crippen molar-refractivity contribution in [3.8, 4) is 0 Å². The van der Waals surface area contributed by atoms with E-state index in [1.807, 2.05) is 0 Å². The summed E-state index contributed by atoms with van der Waals surface area (Å²) in [6.07, 6.45) is 1.13. The third-order valence-corrected chi connectivity index (χ3v) is 8.32. The van der Waals surface area contributed by atoms with Crippen LogP contribution in [0.1, 0.15) is 54.8 Å². The monoisotopic (exact) mass is 538 g/mol. The van der Waals surface area contributed by atoms with Gasteiger partial charge in [-0.1, -0.05) is 26.0 Å². The van der Waals surface area contributed by atoms with Crippen molar-refractivity contribution in [1.29, 1.82) is 0 Å². The molecule has 1 atom stereocenters. The number of aromatic carboxylic acids is 1. The molecule has 38 heavy (non-hydrogen) atoms. The van der Waals surface area contributed by atoms with Crippen LogP contribution in [-0.4, -0.2) is 67.4 Å². The topological polar surface area (TPSA) is 120 Å². The fourth-order valence-corrected chi connectivity index (χ4v) is 5.97. The van der Waals surface area contributed by atoms with Crippen LogP contribution in [0.3, 0.4) is 0 Å². The van der Waals surface area contributed by atoms with Crippen LogP contribution in [0.2, 0.25) is 0 Å². The minimum absolute atomic E-state index is 0.00335. The first-order valence-electron chi connectivity index (χ1n) is 12.8. The number of pyridine rings is 1. The number of benzene rings is 2. The van der Waals surface area contributed by atoms with Crippen molar-refractivity contribution in [2.75, 3.05) is 35.8 Å². The van der Waals surface area contributed by atoms with Gasteiger partial charge in [0.1, 0.15) is 5.82 Å². The fourth-order valence-electron chi connectivity index (χ4n) is 4.92. The van der Waals surface area contributed by atoms with Gasteiger partial charge in [0.05, 0.1) is 16.0 Å². The van der Waals surface area contributed by atoms with E-state index in [4.69, 9.17) is 4.98 Å². The lowest BCUT2D eigenvalue weighted by Gasteiger charge is -2.39. The van der Waals surface area contributed by atoms with Crippen LogP contribution >= 0.6 is 0 Å². The third kappa shape index (κ3) is 6.14. The van der Waals surface area contributed by atoms with E-state index in [0.29, 0.717) is 34.2 Å². The van der Waals surface area contributed by atoms with E-state index in [0.717, 1.165) is 32.6 Å². The first kappa shape index (κ1) is 27.5. The van der Waals surface area contributed by atoms with Crippen LogP contribution in [0.25, 0.3) is 10.9 Å². The van der Waals surface area contributed by atoms with Crippen LogP contribution in [-0.2, 0) is 10.0 Å². The molecule has 0 bridgehead atoms. The zero-order chi connectivity index (χ0) is 27.6. The largest absolute Gasteiger partial charge is 0.478 e. The smallest absolute Gasteiger partial charge is 0.336 e. The standard InChI is InChI=1S/C28H34N4O5S/c1-18(2)15-19(3)31-11-13-32(14-12-31)27-17-25(28(34)35)24-16-22(7-10-26(24)29-27)30-38(36,37)23-8-5-21(6-9-23)20(4)33/h5-10,16-19,30H,11-15H2,1-4H3,(H,34,35)/t19-/m1/s1. The number of carboxylic acids is 1. The number of anilines is 2. The van der Waals surface area contributed by atoms with E-state index in [9.17, 15) is 23.1 Å². The summed E-state index contributed by atoms with van der Waals surface area (Å²) in [6.45, 7) is 11.4. The summed E-state index contributed by atoms with van der Waals surface area (Å²) in [7, 11) is -3.94. The van der Waals surface area contributed by atoms with Gasteiger partial charge in [0, 0.05) is 48.9 Å². The van der Waals surface area contributed by atoms with E-state index >= 15 is 0 Å². The molecule has 0 saturated carbocycles. The molecule has 3 aromatic rings. The SMILES string of the molecule is CC(=O)c1ccc(S(=O)(=O)Nc2ccc3nc(N4CCN([C@H](C)CC(C)C)CC4)cc(C(=O)O)c3c2)cc1. The second-order valence-electron chi connectivity index (χ2n) is 10.3. The van der Waals surface area contributed by atoms with E-state index in [-0.39, 0.29) is 21.9 Å². The van der Waals surface area contributed by atoms with Gasteiger partial charge in [-0.3, -0.25) is 14.4 Å². The van der Waals surface area contributed by atoms with E-state index in [1.54, 1.807) is 18.2 Å². The Morgan fingerprint density at radius 2 is 1.66 bits per heavy atom. The van der Waals surface area contributed by atoms with E-state index in [2.05, 4.69) is 35.3 Å². The number of sulfonamides is 1. The summed E-state index contributed by atoms with van der Waals surface area (Å²) >= 11 is 0. The Hall–Kier alpha value is -3.50. The number of hydrogen-bond donors (Lipinski definition) is 2. The number of nitrogens with one attached hydrogen (secondary N) is 1. The zero-order valence-electron chi connectivity index (χ0n) is 22.1. The second-order valence-corrected chi connectivity index (χ2v) is 11.9. The quantitative estimate of drug-likeness (QED) is 0.382. The van der Waals surface area contributed by atoms with E-state index < -0.39 is 16.0 Å². The second kappa shape index (κ2) is 11.1. The number of carbonyl (C=O) groups is 2. The van der Waals surface area contributed by atoms with Gasteiger partial charge in [-0.05, 0) is 62.6 Å². The molecule has 10 heteroatoms. The van der Waals surface area contributed by atoms with Crippen LogP contribution < -0.4 is 9.62 Å². The number of nitrogens with zero attached hydrogens (tertiary/aromatic N) is 3. The molecular weight excluding hydrogens is 504 g/mol. The van der Waals surface area contributed by atoms with E-state index in [1.165, 1.54) is 37.3 Å². The molecule has 2 aromatic carbocycles.